The van der Waals surface area contributed by atoms with E-state index in [2.05, 4.69) is 18.9 Å². The van der Waals surface area contributed by atoms with Crippen LogP contribution in [0.2, 0.25) is 0 Å². The number of amides is 1. The molecule has 128 valence electrons. The Hall–Kier alpha value is -2.68. The van der Waals surface area contributed by atoms with Gasteiger partial charge in [0.1, 0.15) is 11.9 Å². The number of piperidine rings is 1. The van der Waals surface area contributed by atoms with Gasteiger partial charge in [-0.15, -0.1) is 10.2 Å². The van der Waals surface area contributed by atoms with E-state index in [9.17, 15) is 9.18 Å². The van der Waals surface area contributed by atoms with Crippen molar-refractivity contribution in [2.24, 2.45) is 0 Å². The molecule has 1 aromatic carbocycles. The van der Waals surface area contributed by atoms with E-state index in [0.717, 1.165) is 24.6 Å². The molecule has 0 unspecified atom stereocenters. The Bertz CT molecular complexity index is 882. The molecule has 1 amide bonds. The van der Waals surface area contributed by atoms with Crippen molar-refractivity contribution in [3.8, 4) is 11.5 Å². The Morgan fingerprint density at radius 2 is 2.16 bits per heavy atom. The van der Waals surface area contributed by atoms with Crippen LogP contribution in [0, 0.1) is 5.82 Å². The third kappa shape index (κ3) is 3.02. The van der Waals surface area contributed by atoms with Gasteiger partial charge >= 0.3 is 0 Å². The lowest BCUT2D eigenvalue weighted by atomic mass is 10.0. The van der Waals surface area contributed by atoms with Crippen molar-refractivity contribution in [2.45, 2.75) is 25.3 Å². The fourth-order valence-corrected chi connectivity index (χ4v) is 3.36. The maximum atomic E-state index is 13.9. The first-order valence-corrected chi connectivity index (χ1v) is 8.64. The molecule has 0 saturated carbocycles. The van der Waals surface area contributed by atoms with E-state index < -0.39 is 5.82 Å². The summed E-state index contributed by atoms with van der Waals surface area (Å²) < 4.78 is 27.5. The summed E-state index contributed by atoms with van der Waals surface area (Å²) in [4.78, 5) is 14.3. The highest BCUT2D eigenvalue weighted by atomic mass is 32.1. The molecule has 9 heteroatoms. The molecule has 1 aliphatic rings. The number of halogens is 1. The zero-order valence-corrected chi connectivity index (χ0v) is 13.9. The lowest BCUT2D eigenvalue weighted by Gasteiger charge is -2.32. The Morgan fingerprint density at radius 3 is 2.96 bits per heavy atom. The summed E-state index contributed by atoms with van der Waals surface area (Å²) in [6.07, 6.45) is 4.01. The number of hydrogen-bond acceptors (Lipinski definition) is 7. The number of likely N-dealkylation sites (tertiary alicyclic amines) is 1. The van der Waals surface area contributed by atoms with E-state index in [4.69, 9.17) is 4.42 Å². The van der Waals surface area contributed by atoms with Crippen molar-refractivity contribution in [1.82, 2.24) is 23.8 Å². The predicted octanol–water partition coefficient (Wildman–Crippen LogP) is 3.09. The van der Waals surface area contributed by atoms with Crippen molar-refractivity contribution >= 4 is 17.6 Å². The van der Waals surface area contributed by atoms with E-state index in [1.165, 1.54) is 12.3 Å². The lowest BCUT2D eigenvalue weighted by Crippen LogP contribution is -2.38. The monoisotopic (exact) mass is 359 g/mol. The van der Waals surface area contributed by atoms with Gasteiger partial charge in [0.2, 0.25) is 5.89 Å². The Kier molecular flexibility index (Phi) is 4.22. The highest BCUT2D eigenvalue weighted by Crippen LogP contribution is 2.33. The van der Waals surface area contributed by atoms with Gasteiger partial charge < -0.3 is 9.32 Å². The fraction of sp³-hybridized carbons (Fsp3) is 0.312. The summed E-state index contributed by atoms with van der Waals surface area (Å²) in [5.41, 5.74) is 0.560. The van der Waals surface area contributed by atoms with Crippen LogP contribution in [0.25, 0.3) is 11.5 Å². The number of hydrogen-bond donors (Lipinski definition) is 0. The average Bonchev–Trinajstić information content (AvgIpc) is 3.34. The molecule has 1 saturated heterocycles. The molecule has 2 aromatic heterocycles. The van der Waals surface area contributed by atoms with Crippen LogP contribution in [0.15, 0.2) is 34.9 Å². The van der Waals surface area contributed by atoms with E-state index in [1.807, 2.05) is 0 Å². The van der Waals surface area contributed by atoms with E-state index in [-0.39, 0.29) is 23.4 Å². The van der Waals surface area contributed by atoms with Gasteiger partial charge in [-0.25, -0.2) is 4.39 Å². The smallest absolute Gasteiger partial charge is 0.275 e. The zero-order chi connectivity index (χ0) is 17.2. The SMILES string of the molecule is O=C(c1cnsn1)N1CCCC[C@H]1c1nnc(-c2ccccc2F)o1. The number of benzene rings is 1. The molecule has 25 heavy (non-hydrogen) atoms. The van der Waals surface area contributed by atoms with E-state index in [0.29, 0.717) is 24.6 Å². The molecular weight excluding hydrogens is 345 g/mol. The maximum absolute atomic E-state index is 13.9. The summed E-state index contributed by atoms with van der Waals surface area (Å²) >= 11 is 0.991. The molecule has 0 N–H and O–H groups in total. The van der Waals surface area contributed by atoms with Crippen molar-refractivity contribution in [1.29, 1.82) is 0 Å². The molecule has 3 aromatic rings. The second-order valence-electron chi connectivity index (χ2n) is 5.73. The number of rotatable bonds is 3. The third-order valence-electron chi connectivity index (χ3n) is 4.17. The van der Waals surface area contributed by atoms with Crippen molar-refractivity contribution in [2.75, 3.05) is 6.54 Å². The van der Waals surface area contributed by atoms with Gasteiger partial charge in [-0.2, -0.15) is 8.75 Å². The fourth-order valence-electron chi connectivity index (χ4n) is 2.95. The second-order valence-corrected chi connectivity index (χ2v) is 6.28. The van der Waals surface area contributed by atoms with Crippen LogP contribution in [0.1, 0.15) is 41.7 Å². The highest BCUT2D eigenvalue weighted by Gasteiger charge is 2.33. The molecule has 0 aliphatic carbocycles. The first kappa shape index (κ1) is 15.8. The van der Waals surface area contributed by atoms with Gasteiger partial charge in [-0.1, -0.05) is 12.1 Å². The number of carbonyl (C=O) groups is 1. The zero-order valence-electron chi connectivity index (χ0n) is 13.1. The van der Waals surface area contributed by atoms with Crippen LogP contribution in [0.5, 0.6) is 0 Å². The van der Waals surface area contributed by atoms with Crippen LogP contribution in [-0.4, -0.2) is 36.3 Å². The normalized spacial score (nSPS) is 17.6. The minimum atomic E-state index is -0.428. The number of nitrogens with zero attached hydrogens (tertiary/aromatic N) is 5. The Balaban J connectivity index is 1.63. The average molecular weight is 359 g/mol. The molecule has 0 radical (unpaired) electrons. The van der Waals surface area contributed by atoms with Gasteiger partial charge in [0, 0.05) is 6.54 Å². The van der Waals surface area contributed by atoms with Gasteiger partial charge in [-0.05, 0) is 31.4 Å². The summed E-state index contributed by atoms with van der Waals surface area (Å²) in [6.45, 7) is 0.582. The lowest BCUT2D eigenvalue weighted by molar-refractivity contribution is 0.0567. The Labute approximate surface area is 146 Å². The topological polar surface area (TPSA) is 85.0 Å². The first-order valence-electron chi connectivity index (χ1n) is 7.91. The molecule has 0 spiro atoms. The molecular formula is C16H14FN5O2S. The number of aromatic nitrogens is 4. The van der Waals surface area contributed by atoms with Crippen molar-refractivity contribution in [3.05, 3.63) is 47.9 Å². The van der Waals surface area contributed by atoms with Crippen LogP contribution in [0.3, 0.4) is 0 Å². The Morgan fingerprint density at radius 1 is 1.28 bits per heavy atom. The predicted molar refractivity (Wildman–Crippen MR) is 87.2 cm³/mol. The third-order valence-corrected chi connectivity index (χ3v) is 4.65. The maximum Gasteiger partial charge on any atom is 0.275 e. The second kappa shape index (κ2) is 6.67. The van der Waals surface area contributed by atoms with Crippen LogP contribution in [0.4, 0.5) is 4.39 Å². The van der Waals surface area contributed by atoms with Crippen molar-refractivity contribution < 1.29 is 13.6 Å². The molecule has 1 fully saturated rings. The van der Waals surface area contributed by atoms with Crippen LogP contribution < -0.4 is 0 Å². The standard InChI is InChI=1S/C16H14FN5O2S/c17-11-6-2-1-5-10(11)14-19-20-15(24-14)13-7-3-4-8-22(13)16(23)12-9-18-25-21-12/h1-2,5-6,9,13H,3-4,7-8H2/t13-/m0/s1. The minimum Gasteiger partial charge on any atom is -0.418 e. The number of carbonyl (C=O) groups excluding carboxylic acids is 1. The van der Waals surface area contributed by atoms with Gasteiger partial charge in [0.25, 0.3) is 11.8 Å². The van der Waals surface area contributed by atoms with Crippen molar-refractivity contribution in [3.63, 3.8) is 0 Å². The van der Waals surface area contributed by atoms with E-state index >= 15 is 0 Å². The van der Waals surface area contributed by atoms with Gasteiger partial charge in [0.15, 0.2) is 5.69 Å². The molecule has 1 atom stereocenters. The van der Waals surface area contributed by atoms with Gasteiger partial charge in [-0.3, -0.25) is 4.79 Å². The first-order chi connectivity index (χ1) is 12.2. The summed E-state index contributed by atoms with van der Waals surface area (Å²) in [5.74, 6) is -0.206. The molecule has 7 nitrogen and oxygen atoms in total. The molecule has 4 rings (SSSR count). The van der Waals surface area contributed by atoms with Crippen LogP contribution in [-0.2, 0) is 0 Å². The summed E-state index contributed by atoms with van der Waals surface area (Å²) in [5, 5.41) is 8.02. The largest absolute Gasteiger partial charge is 0.418 e. The van der Waals surface area contributed by atoms with Crippen LogP contribution >= 0.6 is 11.7 Å². The van der Waals surface area contributed by atoms with E-state index in [1.54, 1.807) is 23.1 Å². The highest BCUT2D eigenvalue weighted by molar-refractivity contribution is 6.99. The molecule has 0 bridgehead atoms. The molecule has 3 heterocycles. The summed E-state index contributed by atoms with van der Waals surface area (Å²) in [6, 6.07) is 5.88. The molecule has 1 aliphatic heterocycles. The van der Waals surface area contributed by atoms with Gasteiger partial charge in [0.05, 0.1) is 23.5 Å². The quantitative estimate of drug-likeness (QED) is 0.714. The minimum absolute atomic E-state index is 0.112. The summed E-state index contributed by atoms with van der Waals surface area (Å²) in [7, 11) is 0.